The number of esters is 1. The van der Waals surface area contributed by atoms with Crippen molar-refractivity contribution in [1.29, 1.82) is 0 Å². The van der Waals surface area contributed by atoms with Crippen LogP contribution in [0.25, 0.3) is 0 Å². The van der Waals surface area contributed by atoms with Crippen molar-refractivity contribution in [1.82, 2.24) is 0 Å². The first-order chi connectivity index (χ1) is 6.54. The second-order valence-electron chi connectivity index (χ2n) is 3.31. The Hall–Kier alpha value is -0.650. The molecule has 0 aliphatic carbocycles. The van der Waals surface area contributed by atoms with E-state index in [0.29, 0.717) is 0 Å². The van der Waals surface area contributed by atoms with Crippen LogP contribution >= 0.6 is 0 Å². The van der Waals surface area contributed by atoms with Crippen LogP contribution in [0.1, 0.15) is 20.3 Å². The number of aliphatic hydroxyl groups excluding tert-OH is 1. The van der Waals surface area contributed by atoms with Crippen molar-refractivity contribution in [3.05, 3.63) is 7.11 Å². The minimum atomic E-state index is -0.769. The molecular weight excluding hydrogens is 188 g/mol. The molecule has 5 heteroatoms. The van der Waals surface area contributed by atoms with E-state index in [4.69, 9.17) is 14.2 Å². The molecule has 0 aromatic rings. The van der Waals surface area contributed by atoms with Gasteiger partial charge in [-0.1, -0.05) is 0 Å². The molecule has 1 N–H and O–H groups in total. The Labute approximate surface area is 82.9 Å². The van der Waals surface area contributed by atoms with Crippen LogP contribution in [0.4, 0.5) is 0 Å². The van der Waals surface area contributed by atoms with Crippen LogP contribution in [-0.2, 0) is 19.0 Å². The Morgan fingerprint density at radius 2 is 2.29 bits per heavy atom. The summed E-state index contributed by atoms with van der Waals surface area (Å²) in [6, 6.07) is 0. The number of hydrogen-bond donors (Lipinski definition) is 1. The summed E-state index contributed by atoms with van der Waals surface area (Å²) in [4.78, 5) is 10.7. The van der Waals surface area contributed by atoms with Crippen molar-refractivity contribution in [2.75, 3.05) is 0 Å². The Bertz CT molecular complexity index is 193. The fraction of sp³-hybridized carbons (Fsp3) is 0.778. The van der Waals surface area contributed by atoms with Crippen molar-refractivity contribution >= 4 is 5.97 Å². The van der Waals surface area contributed by atoms with E-state index in [9.17, 15) is 9.90 Å². The van der Waals surface area contributed by atoms with Gasteiger partial charge in [0.25, 0.3) is 0 Å². The minimum Gasteiger partial charge on any atom is -0.457 e. The van der Waals surface area contributed by atoms with Gasteiger partial charge < -0.3 is 19.3 Å². The molecule has 4 atom stereocenters. The molecule has 0 bridgehead atoms. The minimum absolute atomic E-state index is 0.256. The van der Waals surface area contributed by atoms with Gasteiger partial charge in [0.15, 0.2) is 12.4 Å². The average Bonchev–Trinajstić information content (AvgIpc) is 2.10. The van der Waals surface area contributed by atoms with E-state index >= 15 is 0 Å². The molecule has 1 radical (unpaired) electrons. The summed E-state index contributed by atoms with van der Waals surface area (Å²) in [5.74, 6) is -0.432. The maximum atomic E-state index is 10.7. The van der Waals surface area contributed by atoms with Gasteiger partial charge in [-0.2, -0.15) is 0 Å². The van der Waals surface area contributed by atoms with Crippen molar-refractivity contribution in [3.63, 3.8) is 0 Å². The molecule has 1 rings (SSSR count). The lowest BCUT2D eigenvalue weighted by Crippen LogP contribution is -2.49. The first kappa shape index (κ1) is 11.4. The summed E-state index contributed by atoms with van der Waals surface area (Å²) < 4.78 is 14.9. The molecule has 0 aromatic heterocycles. The molecule has 1 heterocycles. The van der Waals surface area contributed by atoms with Crippen LogP contribution in [0.5, 0.6) is 0 Å². The Morgan fingerprint density at radius 3 is 2.71 bits per heavy atom. The Morgan fingerprint density at radius 1 is 1.64 bits per heavy atom. The zero-order valence-corrected chi connectivity index (χ0v) is 8.30. The molecule has 5 nitrogen and oxygen atoms in total. The van der Waals surface area contributed by atoms with Gasteiger partial charge in [0.1, 0.15) is 0 Å². The van der Waals surface area contributed by atoms with E-state index < -0.39 is 30.6 Å². The zero-order valence-electron chi connectivity index (χ0n) is 8.30. The van der Waals surface area contributed by atoms with Crippen LogP contribution in [0.2, 0.25) is 0 Å². The van der Waals surface area contributed by atoms with Gasteiger partial charge in [-0.05, 0) is 6.92 Å². The van der Waals surface area contributed by atoms with E-state index in [1.54, 1.807) is 6.92 Å². The van der Waals surface area contributed by atoms with Gasteiger partial charge in [-0.15, -0.1) is 0 Å². The summed E-state index contributed by atoms with van der Waals surface area (Å²) in [7, 11) is 3.22. The number of rotatable bonds is 2. The van der Waals surface area contributed by atoms with E-state index in [-0.39, 0.29) is 6.42 Å². The second kappa shape index (κ2) is 4.72. The molecule has 1 aliphatic rings. The van der Waals surface area contributed by atoms with Crippen LogP contribution in [0.15, 0.2) is 0 Å². The normalized spacial score (nSPS) is 38.0. The molecule has 1 saturated heterocycles. The van der Waals surface area contributed by atoms with E-state index in [0.717, 1.165) is 0 Å². The highest BCUT2D eigenvalue weighted by Crippen LogP contribution is 2.23. The topological polar surface area (TPSA) is 65.0 Å². The maximum absolute atomic E-state index is 10.7. The summed E-state index contributed by atoms with van der Waals surface area (Å²) >= 11 is 0. The van der Waals surface area contributed by atoms with Crippen molar-refractivity contribution in [3.8, 4) is 0 Å². The average molecular weight is 203 g/mol. The lowest BCUT2D eigenvalue weighted by molar-refractivity contribution is -0.238. The largest absolute Gasteiger partial charge is 0.457 e. The first-order valence-electron chi connectivity index (χ1n) is 4.46. The third-order valence-corrected chi connectivity index (χ3v) is 2.13. The summed E-state index contributed by atoms with van der Waals surface area (Å²) in [5.41, 5.74) is 0. The SMILES string of the molecule is [CH2]OC1CC(O)C(OC(C)=O)C(C)O1. The molecule has 4 unspecified atom stereocenters. The third-order valence-electron chi connectivity index (χ3n) is 2.13. The van der Waals surface area contributed by atoms with E-state index in [2.05, 4.69) is 7.11 Å². The van der Waals surface area contributed by atoms with Crippen LogP contribution in [0, 0.1) is 7.11 Å². The lowest BCUT2D eigenvalue weighted by Gasteiger charge is -2.36. The Kier molecular flexibility index (Phi) is 3.86. The predicted molar refractivity (Wildman–Crippen MR) is 47.0 cm³/mol. The molecule has 0 amide bonds. The molecule has 0 saturated carbocycles. The van der Waals surface area contributed by atoms with E-state index in [1.807, 2.05) is 0 Å². The molecule has 1 aliphatic heterocycles. The standard InChI is InChI=1S/C9H15O5/c1-5-9(14-6(2)10)7(11)4-8(12-3)13-5/h5,7-9,11H,3-4H2,1-2H3. The lowest BCUT2D eigenvalue weighted by atomic mass is 10.0. The zero-order chi connectivity index (χ0) is 10.7. The molecule has 0 aromatic carbocycles. The third kappa shape index (κ3) is 2.67. The van der Waals surface area contributed by atoms with Crippen LogP contribution in [0.3, 0.4) is 0 Å². The molecule has 0 spiro atoms. The fourth-order valence-electron chi connectivity index (χ4n) is 1.49. The number of ether oxygens (including phenoxy) is 3. The first-order valence-corrected chi connectivity index (χ1v) is 4.46. The highest BCUT2D eigenvalue weighted by atomic mass is 16.7. The summed E-state index contributed by atoms with van der Waals surface area (Å²) in [6.07, 6.45) is -2.07. The number of hydrogen-bond acceptors (Lipinski definition) is 5. The Balaban J connectivity index is 2.55. The van der Waals surface area contributed by atoms with Crippen molar-refractivity contribution in [2.24, 2.45) is 0 Å². The van der Waals surface area contributed by atoms with Gasteiger partial charge >= 0.3 is 5.97 Å². The number of carbonyl (C=O) groups is 1. The quantitative estimate of drug-likeness (QED) is 0.650. The van der Waals surface area contributed by atoms with Crippen LogP contribution < -0.4 is 0 Å². The maximum Gasteiger partial charge on any atom is 0.303 e. The highest BCUT2D eigenvalue weighted by Gasteiger charge is 2.37. The monoisotopic (exact) mass is 203 g/mol. The second-order valence-corrected chi connectivity index (χ2v) is 3.31. The van der Waals surface area contributed by atoms with Crippen LogP contribution in [-0.4, -0.2) is 35.7 Å². The van der Waals surface area contributed by atoms with Crippen molar-refractivity contribution in [2.45, 2.75) is 44.9 Å². The van der Waals surface area contributed by atoms with Gasteiger partial charge in [0, 0.05) is 13.3 Å². The van der Waals surface area contributed by atoms with Crippen molar-refractivity contribution < 1.29 is 24.1 Å². The molecule has 1 fully saturated rings. The number of aliphatic hydroxyl groups is 1. The summed E-state index contributed by atoms with van der Waals surface area (Å²) in [5, 5.41) is 9.62. The van der Waals surface area contributed by atoms with Gasteiger partial charge in [-0.3, -0.25) is 4.79 Å². The highest BCUT2D eigenvalue weighted by molar-refractivity contribution is 5.66. The molecular formula is C9H15O5. The van der Waals surface area contributed by atoms with Gasteiger partial charge in [0.2, 0.25) is 0 Å². The van der Waals surface area contributed by atoms with Gasteiger partial charge in [0.05, 0.1) is 19.3 Å². The molecule has 81 valence electrons. The number of carbonyl (C=O) groups excluding carboxylic acids is 1. The van der Waals surface area contributed by atoms with Gasteiger partial charge in [-0.25, -0.2) is 0 Å². The predicted octanol–water partition coefficient (Wildman–Crippen LogP) is 0.222. The van der Waals surface area contributed by atoms with E-state index in [1.165, 1.54) is 6.92 Å². The summed E-state index contributed by atoms with van der Waals surface area (Å²) in [6.45, 7) is 3.01. The fourth-order valence-corrected chi connectivity index (χ4v) is 1.49. The molecule has 14 heavy (non-hydrogen) atoms. The smallest absolute Gasteiger partial charge is 0.303 e.